The van der Waals surface area contributed by atoms with Crippen molar-refractivity contribution < 1.29 is 23.9 Å². The van der Waals surface area contributed by atoms with Gasteiger partial charge in [0.15, 0.2) is 0 Å². The Bertz CT molecular complexity index is 1920. The van der Waals surface area contributed by atoms with Gasteiger partial charge in [-0.15, -0.1) is 0 Å². The molecular weight excluding hydrogens is 630 g/mol. The number of carbonyl (C=O) groups excluding carboxylic acids is 3. The molecule has 4 aromatic rings. The van der Waals surface area contributed by atoms with Gasteiger partial charge in [-0.1, -0.05) is 24.1 Å². The molecule has 3 aromatic heterocycles. The number of esters is 1. The van der Waals surface area contributed by atoms with Crippen molar-refractivity contribution in [2.75, 3.05) is 18.9 Å². The van der Waals surface area contributed by atoms with Gasteiger partial charge in [-0.25, -0.2) is 24.1 Å². The number of anilines is 1. The summed E-state index contributed by atoms with van der Waals surface area (Å²) in [4.78, 5) is 50.0. The molecule has 1 aromatic carbocycles. The molecule has 1 amide bonds. The quantitative estimate of drug-likeness (QED) is 0.114. The first-order chi connectivity index (χ1) is 23.7. The first kappa shape index (κ1) is 36.3. The van der Waals surface area contributed by atoms with Crippen molar-refractivity contribution in [1.29, 1.82) is 0 Å². The van der Waals surface area contributed by atoms with Crippen molar-refractivity contribution in [3.63, 3.8) is 0 Å². The van der Waals surface area contributed by atoms with Crippen molar-refractivity contribution in [3.05, 3.63) is 89.0 Å². The molecule has 1 atom stereocenters. The van der Waals surface area contributed by atoms with Crippen molar-refractivity contribution in [3.8, 4) is 11.8 Å². The highest BCUT2D eigenvalue weighted by molar-refractivity contribution is 6.04. The number of hydrogen-bond acceptors (Lipinski definition) is 8. The number of rotatable bonds is 8. The van der Waals surface area contributed by atoms with E-state index in [1.54, 1.807) is 35.0 Å². The van der Waals surface area contributed by atoms with E-state index in [0.29, 0.717) is 29.0 Å². The lowest BCUT2D eigenvalue weighted by Gasteiger charge is -2.24. The fourth-order valence-electron chi connectivity index (χ4n) is 5.89. The van der Waals surface area contributed by atoms with E-state index >= 15 is 0 Å². The first-order valence-corrected chi connectivity index (χ1v) is 17.2. The summed E-state index contributed by atoms with van der Waals surface area (Å²) in [7, 11) is 2.07. The third-order valence-electron chi connectivity index (χ3n) is 8.20. The molecule has 0 bridgehead atoms. The number of aromatic nitrogens is 3. The van der Waals surface area contributed by atoms with E-state index in [9.17, 15) is 14.4 Å². The smallest absolute Gasteiger partial charge is 0.419 e. The number of pyridine rings is 2. The average molecular weight is 678 g/mol. The van der Waals surface area contributed by atoms with Crippen LogP contribution in [-0.2, 0) is 15.9 Å². The number of nitrogens with one attached hydrogen (secondary N) is 1. The van der Waals surface area contributed by atoms with E-state index in [-0.39, 0.29) is 17.6 Å². The Labute approximate surface area is 294 Å². The first-order valence-electron chi connectivity index (χ1n) is 17.2. The summed E-state index contributed by atoms with van der Waals surface area (Å²) in [5, 5.41) is 3.71. The van der Waals surface area contributed by atoms with Crippen LogP contribution in [0.15, 0.2) is 60.8 Å². The maximum absolute atomic E-state index is 13.5. The molecule has 1 aliphatic rings. The number of unbranched alkanes of at least 4 members (excludes halogenated alkanes) is 2. The Morgan fingerprint density at radius 3 is 2.38 bits per heavy atom. The van der Waals surface area contributed by atoms with Gasteiger partial charge < -0.3 is 14.8 Å². The van der Waals surface area contributed by atoms with Crippen LogP contribution in [0.5, 0.6) is 0 Å². The second kappa shape index (κ2) is 15.3. The highest BCUT2D eigenvalue weighted by Gasteiger charge is 2.31. The van der Waals surface area contributed by atoms with Crippen LogP contribution in [0.1, 0.15) is 117 Å². The molecule has 1 N–H and O–H groups in total. The second-order valence-electron chi connectivity index (χ2n) is 14.7. The van der Waals surface area contributed by atoms with Crippen molar-refractivity contribution >= 4 is 34.7 Å². The summed E-state index contributed by atoms with van der Waals surface area (Å²) in [5.41, 5.74) is 2.69. The second-order valence-corrected chi connectivity index (χ2v) is 14.7. The molecule has 0 unspecified atom stereocenters. The Kier molecular flexibility index (Phi) is 11.1. The van der Waals surface area contributed by atoms with E-state index in [4.69, 9.17) is 9.47 Å². The molecule has 5 rings (SSSR count). The fraction of sp³-hybridized carbons (Fsp3) is 0.425. The highest BCUT2D eigenvalue weighted by Crippen LogP contribution is 2.35. The zero-order chi connectivity index (χ0) is 36.1. The normalized spacial score (nSPS) is 15.0. The lowest BCUT2D eigenvalue weighted by Crippen LogP contribution is -2.30. The molecule has 4 heterocycles. The van der Waals surface area contributed by atoms with E-state index in [0.717, 1.165) is 55.3 Å². The summed E-state index contributed by atoms with van der Waals surface area (Å²) in [6.07, 6.45) is 6.64. The topological polar surface area (TPSA) is 116 Å². The number of hydrogen-bond donors (Lipinski definition) is 1. The van der Waals surface area contributed by atoms with Crippen LogP contribution < -0.4 is 5.32 Å². The van der Waals surface area contributed by atoms with Crippen molar-refractivity contribution in [2.24, 2.45) is 0 Å². The van der Waals surface area contributed by atoms with E-state index in [1.165, 1.54) is 0 Å². The minimum absolute atomic E-state index is 0.0896. The minimum Gasteiger partial charge on any atom is -0.455 e. The molecule has 1 fully saturated rings. The summed E-state index contributed by atoms with van der Waals surface area (Å²) in [6, 6.07) is 16.5. The molecule has 1 saturated heterocycles. The molecule has 0 spiro atoms. The molecule has 262 valence electrons. The van der Waals surface area contributed by atoms with Gasteiger partial charge in [-0.2, -0.15) is 0 Å². The number of nitrogens with zero attached hydrogens (tertiary/aromatic N) is 4. The van der Waals surface area contributed by atoms with Gasteiger partial charge >= 0.3 is 12.1 Å². The Morgan fingerprint density at radius 1 is 0.960 bits per heavy atom. The zero-order valence-corrected chi connectivity index (χ0v) is 30.1. The van der Waals surface area contributed by atoms with Gasteiger partial charge in [0.2, 0.25) is 0 Å². The molecule has 10 heteroatoms. The summed E-state index contributed by atoms with van der Waals surface area (Å²) in [5.74, 6) is 5.79. The molecule has 10 nitrogen and oxygen atoms in total. The van der Waals surface area contributed by atoms with Crippen LogP contribution in [0.4, 0.5) is 10.6 Å². The van der Waals surface area contributed by atoms with Gasteiger partial charge in [-0.3, -0.25) is 9.69 Å². The van der Waals surface area contributed by atoms with Gasteiger partial charge in [0, 0.05) is 35.3 Å². The predicted molar refractivity (Wildman–Crippen MR) is 194 cm³/mol. The standard InChI is InChI=1S/C40H47N5O5/c1-39(2,3)49-37(47)31-17-12-16-30(42-31)15-11-9-8-10-14-27-19-21-28(22-20-27)36(46)43-35-25-33-29(26-41-35)24-34(32-18-13-23-44(32)7)45(33)38(48)50-40(4,5)6/h12,16-17,19-22,24-26,32H,8-10,13-14,18,23H2,1-7H3,(H,41,43,46)/t32-/m1/s1. The fourth-order valence-corrected chi connectivity index (χ4v) is 5.89. The average Bonchev–Trinajstić information content (AvgIpc) is 3.64. The predicted octanol–water partition coefficient (Wildman–Crippen LogP) is 7.95. The number of carbonyl (C=O) groups is 3. The van der Waals surface area contributed by atoms with Crippen LogP contribution in [0.25, 0.3) is 10.9 Å². The van der Waals surface area contributed by atoms with Crippen molar-refractivity contribution in [1.82, 2.24) is 19.4 Å². The Hall–Kier alpha value is -5.01. The Morgan fingerprint density at radius 2 is 1.70 bits per heavy atom. The van der Waals surface area contributed by atoms with Gasteiger partial charge in [-0.05, 0) is 129 Å². The number of likely N-dealkylation sites (tertiary alicyclic amines) is 1. The Balaban J connectivity index is 1.17. The minimum atomic E-state index is -0.659. The van der Waals surface area contributed by atoms with Crippen LogP contribution in [0, 0.1) is 11.8 Å². The molecular formula is C40H47N5O5. The summed E-state index contributed by atoms with van der Waals surface area (Å²) < 4.78 is 12.8. The summed E-state index contributed by atoms with van der Waals surface area (Å²) >= 11 is 0. The van der Waals surface area contributed by atoms with Crippen LogP contribution >= 0.6 is 0 Å². The zero-order valence-electron chi connectivity index (χ0n) is 30.1. The number of ether oxygens (including phenoxy) is 2. The van der Waals surface area contributed by atoms with Gasteiger partial charge in [0.05, 0.1) is 11.6 Å². The van der Waals surface area contributed by atoms with Gasteiger partial charge in [0.25, 0.3) is 5.91 Å². The number of aryl methyl sites for hydroxylation is 1. The number of fused-ring (bicyclic) bond motifs is 1. The summed E-state index contributed by atoms with van der Waals surface area (Å²) in [6.45, 7) is 12.0. The lowest BCUT2D eigenvalue weighted by molar-refractivity contribution is 0.00623. The third kappa shape index (κ3) is 9.57. The third-order valence-corrected chi connectivity index (χ3v) is 8.20. The van der Waals surface area contributed by atoms with E-state index < -0.39 is 23.3 Å². The van der Waals surface area contributed by atoms with Crippen LogP contribution in [0.3, 0.4) is 0 Å². The lowest BCUT2D eigenvalue weighted by atomic mass is 10.0. The maximum Gasteiger partial charge on any atom is 0.419 e. The van der Waals surface area contributed by atoms with E-state index in [2.05, 4.69) is 39.1 Å². The van der Waals surface area contributed by atoms with E-state index in [1.807, 2.05) is 71.9 Å². The monoisotopic (exact) mass is 677 g/mol. The van der Waals surface area contributed by atoms with Gasteiger partial charge in [0.1, 0.15) is 28.4 Å². The SMILES string of the molecule is CN1CCC[C@@H]1c1cc2cnc(NC(=O)c3ccc(CCCCC#Cc4cccc(C(=O)OC(C)(C)C)n4)cc3)cc2n1C(=O)OC(C)(C)C. The molecule has 0 saturated carbocycles. The largest absolute Gasteiger partial charge is 0.455 e. The number of amides is 1. The molecule has 0 aliphatic carbocycles. The molecule has 50 heavy (non-hydrogen) atoms. The van der Waals surface area contributed by atoms with Crippen molar-refractivity contribution in [2.45, 2.75) is 97.3 Å². The molecule has 1 aliphatic heterocycles. The van der Waals surface area contributed by atoms with Crippen LogP contribution in [0.2, 0.25) is 0 Å². The van der Waals surface area contributed by atoms with Crippen LogP contribution in [-0.4, -0.2) is 62.2 Å². The molecule has 0 radical (unpaired) electrons. The highest BCUT2D eigenvalue weighted by atomic mass is 16.6. The number of benzene rings is 1. The maximum atomic E-state index is 13.5.